The molecular weight excluding hydrogens is 403 g/mol. The van der Waals surface area contributed by atoms with Crippen LogP contribution < -0.4 is 15.4 Å². The molecule has 1 unspecified atom stereocenters. The van der Waals surface area contributed by atoms with Crippen LogP contribution in [-0.2, 0) is 0 Å². The Labute approximate surface area is 155 Å². The SMILES string of the molecule is COc1ccc(C(CNC2=NCCN2)N2CCCCC2)cc1.I. The molecule has 0 amide bonds. The number of methoxy groups -OCH3 is 1. The highest BCUT2D eigenvalue weighted by atomic mass is 127. The predicted octanol–water partition coefficient (Wildman–Crippen LogP) is 2.39. The second-order valence-electron chi connectivity index (χ2n) is 5.92. The van der Waals surface area contributed by atoms with Crippen LogP contribution in [0.2, 0.25) is 0 Å². The summed E-state index contributed by atoms with van der Waals surface area (Å²) in [7, 11) is 1.71. The van der Waals surface area contributed by atoms with E-state index in [1.165, 1.54) is 37.9 Å². The number of rotatable bonds is 5. The minimum atomic E-state index is 0. The molecule has 2 N–H and O–H groups in total. The number of halogens is 1. The van der Waals surface area contributed by atoms with E-state index in [-0.39, 0.29) is 24.0 Å². The van der Waals surface area contributed by atoms with Crippen molar-refractivity contribution >= 4 is 29.9 Å². The van der Waals surface area contributed by atoms with E-state index in [2.05, 4.69) is 44.8 Å². The highest BCUT2D eigenvalue weighted by Gasteiger charge is 2.22. The Morgan fingerprint density at radius 2 is 1.96 bits per heavy atom. The molecule has 0 saturated carbocycles. The topological polar surface area (TPSA) is 48.9 Å². The summed E-state index contributed by atoms with van der Waals surface area (Å²) in [6, 6.07) is 8.86. The van der Waals surface area contributed by atoms with Gasteiger partial charge in [-0.05, 0) is 43.6 Å². The van der Waals surface area contributed by atoms with Crippen molar-refractivity contribution in [3.63, 3.8) is 0 Å². The second-order valence-corrected chi connectivity index (χ2v) is 5.92. The van der Waals surface area contributed by atoms with Gasteiger partial charge in [-0.1, -0.05) is 18.6 Å². The molecule has 2 aliphatic heterocycles. The van der Waals surface area contributed by atoms with Crippen molar-refractivity contribution in [3.05, 3.63) is 29.8 Å². The van der Waals surface area contributed by atoms with Gasteiger partial charge in [-0.25, -0.2) is 0 Å². The third kappa shape index (κ3) is 4.97. The lowest BCUT2D eigenvalue weighted by Gasteiger charge is -2.35. The van der Waals surface area contributed by atoms with Crippen LogP contribution in [0.1, 0.15) is 30.9 Å². The lowest BCUT2D eigenvalue weighted by atomic mass is 10.0. The number of guanidine groups is 1. The highest BCUT2D eigenvalue weighted by Crippen LogP contribution is 2.25. The Morgan fingerprint density at radius 1 is 1.22 bits per heavy atom. The van der Waals surface area contributed by atoms with E-state index in [9.17, 15) is 0 Å². The lowest BCUT2D eigenvalue weighted by molar-refractivity contribution is 0.164. The van der Waals surface area contributed by atoms with Crippen molar-refractivity contribution in [2.45, 2.75) is 25.3 Å². The van der Waals surface area contributed by atoms with Gasteiger partial charge in [0.25, 0.3) is 0 Å². The maximum absolute atomic E-state index is 5.28. The van der Waals surface area contributed by atoms with Crippen molar-refractivity contribution in [2.75, 3.05) is 39.8 Å². The van der Waals surface area contributed by atoms with Crippen LogP contribution in [0.5, 0.6) is 5.75 Å². The molecule has 6 heteroatoms. The predicted molar refractivity (Wildman–Crippen MR) is 105 cm³/mol. The molecule has 1 aromatic rings. The largest absolute Gasteiger partial charge is 0.497 e. The summed E-state index contributed by atoms with van der Waals surface area (Å²) in [5, 5.41) is 6.76. The van der Waals surface area contributed by atoms with Crippen LogP contribution in [0.4, 0.5) is 0 Å². The molecule has 1 saturated heterocycles. The number of hydrogen-bond donors (Lipinski definition) is 2. The Bertz CT molecular complexity index is 500. The normalized spacial score (nSPS) is 19.3. The van der Waals surface area contributed by atoms with E-state index in [1.807, 2.05) is 0 Å². The number of aliphatic imine (C=N–C) groups is 1. The first-order valence-electron chi connectivity index (χ1n) is 8.27. The zero-order valence-electron chi connectivity index (χ0n) is 13.8. The summed E-state index contributed by atoms with van der Waals surface area (Å²) in [6.07, 6.45) is 3.95. The van der Waals surface area contributed by atoms with E-state index in [4.69, 9.17) is 4.74 Å². The Hall–Kier alpha value is -1.02. The molecule has 2 aliphatic rings. The highest BCUT2D eigenvalue weighted by molar-refractivity contribution is 14.0. The minimum absolute atomic E-state index is 0. The molecule has 1 aromatic carbocycles. The third-order valence-corrected chi connectivity index (χ3v) is 4.47. The first-order chi connectivity index (χ1) is 10.9. The maximum Gasteiger partial charge on any atom is 0.191 e. The van der Waals surface area contributed by atoms with E-state index in [0.717, 1.165) is 31.3 Å². The van der Waals surface area contributed by atoms with Crippen LogP contribution in [0.25, 0.3) is 0 Å². The smallest absolute Gasteiger partial charge is 0.191 e. The molecule has 1 atom stereocenters. The van der Waals surface area contributed by atoms with Gasteiger partial charge in [-0.3, -0.25) is 9.89 Å². The number of piperidine rings is 1. The number of nitrogens with zero attached hydrogens (tertiary/aromatic N) is 2. The van der Waals surface area contributed by atoms with E-state index in [1.54, 1.807) is 7.11 Å². The number of hydrogen-bond acceptors (Lipinski definition) is 5. The number of nitrogens with one attached hydrogen (secondary N) is 2. The van der Waals surface area contributed by atoms with Crippen LogP contribution >= 0.6 is 24.0 Å². The molecule has 2 heterocycles. The molecular formula is C17H27IN4O. The molecule has 23 heavy (non-hydrogen) atoms. The molecule has 0 aromatic heterocycles. The zero-order valence-corrected chi connectivity index (χ0v) is 16.1. The van der Waals surface area contributed by atoms with Gasteiger partial charge in [0.2, 0.25) is 0 Å². The molecule has 5 nitrogen and oxygen atoms in total. The van der Waals surface area contributed by atoms with Gasteiger partial charge in [0.05, 0.1) is 19.7 Å². The van der Waals surface area contributed by atoms with Crippen LogP contribution in [0, 0.1) is 0 Å². The molecule has 0 spiro atoms. The Morgan fingerprint density at radius 3 is 2.57 bits per heavy atom. The summed E-state index contributed by atoms with van der Waals surface area (Å²) in [5.41, 5.74) is 1.34. The van der Waals surface area contributed by atoms with Gasteiger partial charge >= 0.3 is 0 Å². The monoisotopic (exact) mass is 430 g/mol. The van der Waals surface area contributed by atoms with Gasteiger partial charge in [-0.2, -0.15) is 0 Å². The van der Waals surface area contributed by atoms with Crippen LogP contribution in [-0.4, -0.2) is 50.7 Å². The first-order valence-corrected chi connectivity index (χ1v) is 8.27. The van der Waals surface area contributed by atoms with Crippen LogP contribution in [0.15, 0.2) is 29.3 Å². The molecule has 0 radical (unpaired) electrons. The fourth-order valence-corrected chi connectivity index (χ4v) is 3.22. The average molecular weight is 430 g/mol. The minimum Gasteiger partial charge on any atom is -0.497 e. The van der Waals surface area contributed by atoms with Gasteiger partial charge in [0.1, 0.15) is 5.75 Å². The van der Waals surface area contributed by atoms with Gasteiger partial charge in [0, 0.05) is 13.1 Å². The maximum atomic E-state index is 5.28. The van der Waals surface area contributed by atoms with Crippen molar-refractivity contribution in [2.24, 2.45) is 4.99 Å². The fourth-order valence-electron chi connectivity index (χ4n) is 3.22. The standard InChI is InChI=1S/C17H26N4O.HI/c1-22-15-7-5-14(6-8-15)16(21-11-3-2-4-12-21)13-20-17-18-9-10-19-17;/h5-8,16H,2-4,9-13H2,1H3,(H2,18,19,20);1H. The number of likely N-dealkylation sites (tertiary alicyclic amines) is 1. The molecule has 1 fully saturated rings. The van der Waals surface area contributed by atoms with Crippen molar-refractivity contribution < 1.29 is 4.74 Å². The summed E-state index contributed by atoms with van der Waals surface area (Å²) in [5.74, 6) is 1.85. The Kier molecular flexibility index (Phi) is 7.42. The Balaban J connectivity index is 0.00000192. The average Bonchev–Trinajstić information content (AvgIpc) is 3.10. The third-order valence-electron chi connectivity index (χ3n) is 4.47. The van der Waals surface area contributed by atoms with Gasteiger partial charge in [0.15, 0.2) is 5.96 Å². The van der Waals surface area contributed by atoms with Gasteiger partial charge in [-0.15, -0.1) is 24.0 Å². The van der Waals surface area contributed by atoms with Crippen molar-refractivity contribution in [1.29, 1.82) is 0 Å². The summed E-state index contributed by atoms with van der Waals surface area (Å²) < 4.78 is 5.28. The van der Waals surface area contributed by atoms with Crippen molar-refractivity contribution in [1.82, 2.24) is 15.5 Å². The van der Waals surface area contributed by atoms with Crippen molar-refractivity contribution in [3.8, 4) is 5.75 Å². The molecule has 0 aliphatic carbocycles. The second kappa shape index (κ2) is 9.32. The van der Waals surface area contributed by atoms with Gasteiger partial charge < -0.3 is 15.4 Å². The molecule has 0 bridgehead atoms. The van der Waals surface area contributed by atoms with E-state index in [0.29, 0.717) is 6.04 Å². The van der Waals surface area contributed by atoms with Crippen LogP contribution in [0.3, 0.4) is 0 Å². The number of benzene rings is 1. The van der Waals surface area contributed by atoms with E-state index < -0.39 is 0 Å². The quantitative estimate of drug-likeness (QED) is 0.705. The fraction of sp³-hybridized carbons (Fsp3) is 0.588. The molecule has 3 rings (SSSR count). The lowest BCUT2D eigenvalue weighted by Crippen LogP contribution is -2.43. The number of ether oxygens (including phenoxy) is 1. The van der Waals surface area contributed by atoms with E-state index >= 15 is 0 Å². The first kappa shape index (κ1) is 18.3. The summed E-state index contributed by atoms with van der Waals surface area (Å²) in [4.78, 5) is 7.02. The summed E-state index contributed by atoms with van der Waals surface area (Å²) >= 11 is 0. The summed E-state index contributed by atoms with van der Waals surface area (Å²) in [6.45, 7) is 5.06. The zero-order chi connectivity index (χ0) is 15.2. The molecule has 128 valence electrons.